The van der Waals surface area contributed by atoms with Crippen molar-refractivity contribution in [3.05, 3.63) is 53.7 Å². The van der Waals surface area contributed by atoms with Crippen molar-refractivity contribution in [2.75, 3.05) is 25.5 Å². The first-order chi connectivity index (χ1) is 14.9. The molecule has 0 radical (unpaired) electrons. The van der Waals surface area contributed by atoms with Gasteiger partial charge in [-0.05, 0) is 43.5 Å². The second-order valence-corrected chi connectivity index (χ2v) is 8.52. The number of ether oxygens (including phenoxy) is 1. The van der Waals surface area contributed by atoms with Crippen LogP contribution in [0.3, 0.4) is 0 Å². The molecule has 164 valence electrons. The quantitative estimate of drug-likeness (QED) is 0.637. The lowest BCUT2D eigenvalue weighted by atomic mass is 9.91. The third-order valence-electron chi connectivity index (χ3n) is 6.08. The summed E-state index contributed by atoms with van der Waals surface area (Å²) in [7, 11) is 1.72. The van der Waals surface area contributed by atoms with E-state index < -0.39 is 5.60 Å². The minimum absolute atomic E-state index is 0.101. The molecule has 31 heavy (non-hydrogen) atoms. The van der Waals surface area contributed by atoms with Gasteiger partial charge in [0.05, 0.1) is 31.0 Å². The average molecular weight is 423 g/mol. The SMILES string of the molecule is COc1c(C)cccc1CN1CCC(O)(Cn2ncc3cc(NC(C)=O)ccc32)CC1. The Kier molecular flexibility index (Phi) is 5.98. The zero-order chi connectivity index (χ0) is 22.0. The summed E-state index contributed by atoms with van der Waals surface area (Å²) < 4.78 is 7.46. The molecule has 4 rings (SSSR count). The Bertz CT molecular complexity index is 1080. The van der Waals surface area contributed by atoms with E-state index in [0.29, 0.717) is 19.4 Å². The number of amides is 1. The maximum Gasteiger partial charge on any atom is 0.221 e. The molecule has 2 aromatic carbocycles. The Hall–Kier alpha value is -2.90. The maximum atomic E-state index is 11.3. The Labute approximate surface area is 182 Å². The number of piperidine rings is 1. The predicted molar refractivity (Wildman–Crippen MR) is 121 cm³/mol. The van der Waals surface area contributed by atoms with Gasteiger partial charge in [0.1, 0.15) is 5.75 Å². The van der Waals surface area contributed by atoms with Gasteiger partial charge in [-0.25, -0.2) is 0 Å². The van der Waals surface area contributed by atoms with Crippen LogP contribution < -0.4 is 10.1 Å². The number of carbonyl (C=O) groups excluding carboxylic acids is 1. The van der Waals surface area contributed by atoms with E-state index in [4.69, 9.17) is 4.74 Å². The second kappa shape index (κ2) is 8.69. The highest BCUT2D eigenvalue weighted by Crippen LogP contribution is 2.30. The summed E-state index contributed by atoms with van der Waals surface area (Å²) in [5.41, 5.74) is 3.23. The average Bonchev–Trinajstić information content (AvgIpc) is 3.11. The minimum atomic E-state index is -0.789. The van der Waals surface area contributed by atoms with Gasteiger partial charge in [0.2, 0.25) is 5.91 Å². The number of hydrogen-bond donors (Lipinski definition) is 2. The van der Waals surface area contributed by atoms with Crippen LogP contribution in [0.4, 0.5) is 5.69 Å². The molecule has 0 atom stereocenters. The van der Waals surface area contributed by atoms with Gasteiger partial charge in [-0.2, -0.15) is 5.10 Å². The fraction of sp³-hybridized carbons (Fsp3) is 0.417. The van der Waals surface area contributed by atoms with Gasteiger partial charge in [-0.3, -0.25) is 14.4 Å². The van der Waals surface area contributed by atoms with Gasteiger partial charge < -0.3 is 15.2 Å². The van der Waals surface area contributed by atoms with Crippen LogP contribution >= 0.6 is 0 Å². The number of hydrogen-bond acceptors (Lipinski definition) is 5. The molecule has 1 aliphatic heterocycles. The zero-order valence-electron chi connectivity index (χ0n) is 18.4. The van der Waals surface area contributed by atoms with Gasteiger partial charge in [-0.15, -0.1) is 0 Å². The molecule has 1 amide bonds. The lowest BCUT2D eigenvalue weighted by molar-refractivity contribution is -0.114. The molecule has 0 unspecified atom stereocenters. The summed E-state index contributed by atoms with van der Waals surface area (Å²) in [6.45, 7) is 6.46. The van der Waals surface area contributed by atoms with Crippen LogP contribution in [0.1, 0.15) is 30.9 Å². The molecular formula is C24H30N4O3. The highest BCUT2D eigenvalue weighted by Gasteiger charge is 2.33. The number of aromatic nitrogens is 2. The molecule has 2 heterocycles. The third-order valence-corrected chi connectivity index (χ3v) is 6.08. The van der Waals surface area contributed by atoms with E-state index in [1.54, 1.807) is 13.3 Å². The number of fused-ring (bicyclic) bond motifs is 1. The van der Waals surface area contributed by atoms with Crippen LogP contribution in [-0.2, 0) is 17.9 Å². The van der Waals surface area contributed by atoms with Crippen LogP contribution in [0.5, 0.6) is 5.75 Å². The molecule has 1 aliphatic rings. The molecule has 7 heteroatoms. The molecule has 2 N–H and O–H groups in total. The molecule has 0 bridgehead atoms. The lowest BCUT2D eigenvalue weighted by Gasteiger charge is -2.38. The molecule has 1 saturated heterocycles. The first-order valence-corrected chi connectivity index (χ1v) is 10.7. The van der Waals surface area contributed by atoms with Gasteiger partial charge in [0, 0.05) is 43.2 Å². The number of aryl methyl sites for hydroxylation is 1. The fourth-order valence-corrected chi connectivity index (χ4v) is 4.43. The van der Waals surface area contributed by atoms with Crippen LogP contribution in [0.15, 0.2) is 42.6 Å². The highest BCUT2D eigenvalue weighted by molar-refractivity contribution is 5.92. The Morgan fingerprint density at radius 3 is 2.74 bits per heavy atom. The molecule has 7 nitrogen and oxygen atoms in total. The standard InChI is InChI=1S/C24H30N4O3/c1-17-5-4-6-19(23(17)31-3)15-27-11-9-24(30,10-12-27)16-28-22-8-7-21(26-18(2)29)13-20(22)14-25-28/h4-8,13-14,30H,9-12,15-16H2,1-3H3,(H,26,29). The van der Waals surface area contributed by atoms with Gasteiger partial charge >= 0.3 is 0 Å². The normalized spacial score (nSPS) is 16.4. The molecule has 0 aliphatic carbocycles. The molecule has 1 aromatic heterocycles. The fourth-order valence-electron chi connectivity index (χ4n) is 4.43. The first kappa shape index (κ1) is 21.3. The number of rotatable bonds is 6. The van der Waals surface area contributed by atoms with Crippen molar-refractivity contribution in [3.8, 4) is 5.75 Å². The summed E-state index contributed by atoms with van der Waals surface area (Å²) in [6, 6.07) is 11.9. The number of nitrogens with one attached hydrogen (secondary N) is 1. The minimum Gasteiger partial charge on any atom is -0.496 e. The van der Waals surface area contributed by atoms with Crippen molar-refractivity contribution in [3.63, 3.8) is 0 Å². The van der Waals surface area contributed by atoms with Crippen LogP contribution in [0.25, 0.3) is 10.9 Å². The largest absolute Gasteiger partial charge is 0.496 e. The van der Waals surface area contributed by atoms with E-state index in [-0.39, 0.29) is 5.91 Å². The van der Waals surface area contributed by atoms with Crippen molar-refractivity contribution in [2.45, 2.75) is 45.4 Å². The summed E-state index contributed by atoms with van der Waals surface area (Å²) in [4.78, 5) is 13.6. The summed E-state index contributed by atoms with van der Waals surface area (Å²) in [5.74, 6) is 0.848. The van der Waals surface area contributed by atoms with Crippen molar-refractivity contribution in [1.29, 1.82) is 0 Å². The van der Waals surface area contributed by atoms with Crippen molar-refractivity contribution in [2.24, 2.45) is 0 Å². The molecule has 0 saturated carbocycles. The number of aliphatic hydroxyl groups is 1. The maximum absolute atomic E-state index is 11.3. The number of benzene rings is 2. The molecule has 1 fully saturated rings. The van der Waals surface area contributed by atoms with Crippen molar-refractivity contribution >= 4 is 22.5 Å². The first-order valence-electron chi connectivity index (χ1n) is 10.7. The van der Waals surface area contributed by atoms with E-state index in [0.717, 1.165) is 47.5 Å². The number of para-hydroxylation sites is 1. The number of anilines is 1. The molecular weight excluding hydrogens is 392 g/mol. The molecule has 0 spiro atoms. The van der Waals surface area contributed by atoms with Gasteiger partial charge in [-0.1, -0.05) is 18.2 Å². The smallest absolute Gasteiger partial charge is 0.221 e. The van der Waals surface area contributed by atoms with Gasteiger partial charge in [0.15, 0.2) is 0 Å². The Balaban J connectivity index is 1.41. The highest BCUT2D eigenvalue weighted by atomic mass is 16.5. The van der Waals surface area contributed by atoms with E-state index in [2.05, 4.69) is 40.4 Å². The summed E-state index contributed by atoms with van der Waals surface area (Å²) in [6.07, 6.45) is 3.15. The van der Waals surface area contributed by atoms with E-state index in [1.165, 1.54) is 12.5 Å². The lowest BCUT2D eigenvalue weighted by Crippen LogP contribution is -2.46. The third kappa shape index (κ3) is 4.73. The van der Waals surface area contributed by atoms with Crippen molar-refractivity contribution in [1.82, 2.24) is 14.7 Å². The second-order valence-electron chi connectivity index (χ2n) is 8.52. The number of carbonyl (C=O) groups is 1. The van der Waals surface area contributed by atoms with Gasteiger partial charge in [0.25, 0.3) is 0 Å². The van der Waals surface area contributed by atoms with Crippen LogP contribution in [0.2, 0.25) is 0 Å². The number of nitrogens with zero attached hydrogens (tertiary/aromatic N) is 3. The monoisotopic (exact) mass is 422 g/mol. The topological polar surface area (TPSA) is 79.6 Å². The predicted octanol–water partition coefficient (Wildman–Crippen LogP) is 3.34. The van der Waals surface area contributed by atoms with Crippen LogP contribution in [-0.4, -0.2) is 51.5 Å². The Morgan fingerprint density at radius 2 is 2.03 bits per heavy atom. The van der Waals surface area contributed by atoms with Crippen molar-refractivity contribution < 1.29 is 14.6 Å². The number of methoxy groups -OCH3 is 1. The van der Waals surface area contributed by atoms with Crippen LogP contribution in [0, 0.1) is 6.92 Å². The Morgan fingerprint density at radius 1 is 1.26 bits per heavy atom. The molecule has 3 aromatic rings. The van der Waals surface area contributed by atoms with E-state index in [9.17, 15) is 9.90 Å². The summed E-state index contributed by atoms with van der Waals surface area (Å²) >= 11 is 0. The zero-order valence-corrected chi connectivity index (χ0v) is 18.4. The number of likely N-dealkylation sites (tertiary alicyclic amines) is 1. The van der Waals surface area contributed by atoms with E-state index in [1.807, 2.05) is 22.9 Å². The van der Waals surface area contributed by atoms with E-state index >= 15 is 0 Å². The summed E-state index contributed by atoms with van der Waals surface area (Å²) in [5, 5.41) is 19.5.